The quantitative estimate of drug-likeness (QED) is 0.587. The Morgan fingerprint density at radius 1 is 0.962 bits per heavy atom. The summed E-state index contributed by atoms with van der Waals surface area (Å²) in [5, 5.41) is 0. The van der Waals surface area contributed by atoms with Gasteiger partial charge in [0.1, 0.15) is 11.2 Å². The van der Waals surface area contributed by atoms with Gasteiger partial charge in [-0.1, -0.05) is 30.3 Å². The molecule has 1 saturated heterocycles. The fraction of sp³-hybridized carbons (Fsp3) is 0.526. The van der Waals surface area contributed by atoms with E-state index < -0.39 is 41.5 Å². The Hall–Kier alpha value is -2.57. The Balaban J connectivity index is 2.40. The molecule has 7 heteroatoms. The molecule has 0 radical (unpaired) electrons. The van der Waals surface area contributed by atoms with Gasteiger partial charge in [0.2, 0.25) is 0 Å². The number of benzene rings is 1. The van der Waals surface area contributed by atoms with Crippen molar-refractivity contribution in [3.8, 4) is 0 Å². The molecule has 1 heterocycles. The first kappa shape index (κ1) is 19.8. The highest BCUT2D eigenvalue weighted by atomic mass is 16.6. The monoisotopic (exact) mass is 363 g/mol. The molecule has 1 aliphatic heterocycles. The molecular formula is C19H25NO6. The maximum absolute atomic E-state index is 12.8. The molecule has 7 nitrogen and oxygen atoms in total. The number of hydrogen-bond donors (Lipinski definition) is 0. The summed E-state index contributed by atoms with van der Waals surface area (Å²) in [6.07, 6.45) is -2.85. The van der Waals surface area contributed by atoms with Crippen molar-refractivity contribution in [2.75, 3.05) is 0 Å². The third kappa shape index (κ3) is 4.74. The van der Waals surface area contributed by atoms with Gasteiger partial charge in [-0.3, -0.25) is 0 Å². The third-order valence-electron chi connectivity index (χ3n) is 3.36. The lowest BCUT2D eigenvalue weighted by atomic mass is 10.0. The first-order valence-corrected chi connectivity index (χ1v) is 8.40. The van der Waals surface area contributed by atoms with Crippen molar-refractivity contribution in [2.24, 2.45) is 0 Å². The molecule has 0 spiro atoms. The molecule has 1 aromatic rings. The zero-order valence-electron chi connectivity index (χ0n) is 15.9. The summed E-state index contributed by atoms with van der Waals surface area (Å²) in [5.41, 5.74) is -1.03. The van der Waals surface area contributed by atoms with E-state index in [0.717, 1.165) is 0 Å². The smallest absolute Gasteiger partial charge is 0.420 e. The van der Waals surface area contributed by atoms with E-state index in [1.807, 2.05) is 0 Å². The van der Waals surface area contributed by atoms with Crippen LogP contribution in [-0.4, -0.2) is 40.3 Å². The lowest BCUT2D eigenvalue weighted by molar-refractivity contribution is -0.161. The van der Waals surface area contributed by atoms with Crippen LogP contribution in [0.15, 0.2) is 30.3 Å². The maximum atomic E-state index is 12.8. The van der Waals surface area contributed by atoms with E-state index in [4.69, 9.17) is 14.2 Å². The molecule has 0 bridgehead atoms. The van der Waals surface area contributed by atoms with Crippen LogP contribution in [0.3, 0.4) is 0 Å². The van der Waals surface area contributed by atoms with Crippen molar-refractivity contribution in [3.05, 3.63) is 35.9 Å². The van der Waals surface area contributed by atoms with Gasteiger partial charge < -0.3 is 14.2 Å². The summed E-state index contributed by atoms with van der Waals surface area (Å²) in [5.74, 6) is -0.733. The lowest BCUT2D eigenvalue weighted by Gasteiger charge is -2.28. The van der Waals surface area contributed by atoms with Gasteiger partial charge in [-0.15, -0.1) is 0 Å². The summed E-state index contributed by atoms with van der Waals surface area (Å²) >= 11 is 0. The Morgan fingerprint density at radius 2 is 1.50 bits per heavy atom. The first-order chi connectivity index (χ1) is 11.9. The maximum Gasteiger partial charge on any atom is 0.420 e. The molecule has 0 N–H and O–H groups in total. The largest absolute Gasteiger partial charge is 0.458 e. The predicted molar refractivity (Wildman–Crippen MR) is 93.4 cm³/mol. The average Bonchev–Trinajstić information content (AvgIpc) is 2.82. The van der Waals surface area contributed by atoms with E-state index in [2.05, 4.69) is 0 Å². The van der Waals surface area contributed by atoms with Crippen LogP contribution in [-0.2, 0) is 19.0 Å². The lowest BCUT2D eigenvalue weighted by Crippen LogP contribution is -2.48. The highest BCUT2D eigenvalue weighted by Gasteiger charge is 2.53. The van der Waals surface area contributed by atoms with Gasteiger partial charge in [0, 0.05) is 0 Å². The molecule has 0 aliphatic carbocycles. The summed E-state index contributed by atoms with van der Waals surface area (Å²) in [7, 11) is 0. The van der Waals surface area contributed by atoms with Crippen LogP contribution in [0, 0.1) is 0 Å². The Labute approximate surface area is 153 Å². The van der Waals surface area contributed by atoms with Crippen molar-refractivity contribution < 1.29 is 28.6 Å². The van der Waals surface area contributed by atoms with Gasteiger partial charge in [-0.2, -0.15) is 4.90 Å². The van der Waals surface area contributed by atoms with Crippen molar-refractivity contribution in [1.82, 2.24) is 4.90 Å². The number of esters is 1. The first-order valence-electron chi connectivity index (χ1n) is 8.40. The van der Waals surface area contributed by atoms with Crippen molar-refractivity contribution in [1.29, 1.82) is 0 Å². The fourth-order valence-electron chi connectivity index (χ4n) is 2.46. The van der Waals surface area contributed by atoms with Crippen LogP contribution in [0.5, 0.6) is 0 Å². The fourth-order valence-corrected chi connectivity index (χ4v) is 2.46. The minimum absolute atomic E-state index is 0.586. The zero-order valence-corrected chi connectivity index (χ0v) is 15.9. The van der Waals surface area contributed by atoms with Crippen LogP contribution in [0.2, 0.25) is 0 Å². The molecule has 142 valence electrons. The summed E-state index contributed by atoms with van der Waals surface area (Å²) in [6.45, 7) is 10.1. The molecule has 1 aromatic carbocycles. The van der Waals surface area contributed by atoms with E-state index in [9.17, 15) is 14.4 Å². The SMILES string of the molecule is CC(C)(C)OC(=O)[C@@H]1[C@@H](c2ccccc2)OC(=O)N1C(=O)OC(C)(C)C. The van der Waals surface area contributed by atoms with E-state index >= 15 is 0 Å². The number of ether oxygens (including phenoxy) is 3. The van der Waals surface area contributed by atoms with Crippen molar-refractivity contribution in [2.45, 2.75) is 64.9 Å². The number of cyclic esters (lactones) is 1. The molecule has 26 heavy (non-hydrogen) atoms. The van der Waals surface area contributed by atoms with Crippen LogP contribution >= 0.6 is 0 Å². The van der Waals surface area contributed by atoms with Crippen LogP contribution < -0.4 is 0 Å². The van der Waals surface area contributed by atoms with Crippen molar-refractivity contribution in [3.63, 3.8) is 0 Å². The minimum Gasteiger partial charge on any atom is -0.458 e. The average molecular weight is 363 g/mol. The number of nitrogens with zero attached hydrogens (tertiary/aromatic N) is 1. The molecule has 0 unspecified atom stereocenters. The molecule has 0 saturated carbocycles. The predicted octanol–water partition coefficient (Wildman–Crippen LogP) is 3.83. The number of hydrogen-bond acceptors (Lipinski definition) is 6. The van der Waals surface area contributed by atoms with E-state index in [1.165, 1.54) is 0 Å². The zero-order chi connectivity index (χ0) is 19.7. The van der Waals surface area contributed by atoms with Gasteiger partial charge in [-0.25, -0.2) is 14.4 Å². The van der Waals surface area contributed by atoms with Gasteiger partial charge >= 0.3 is 18.2 Å². The molecule has 0 aromatic heterocycles. The number of carbonyl (C=O) groups is 3. The Morgan fingerprint density at radius 3 is 2.00 bits per heavy atom. The van der Waals surface area contributed by atoms with E-state index in [-0.39, 0.29) is 0 Å². The normalized spacial score (nSPS) is 20.5. The molecular weight excluding hydrogens is 338 g/mol. The number of imide groups is 1. The van der Waals surface area contributed by atoms with E-state index in [0.29, 0.717) is 10.5 Å². The van der Waals surface area contributed by atoms with E-state index in [1.54, 1.807) is 71.9 Å². The van der Waals surface area contributed by atoms with Gasteiger partial charge in [0.15, 0.2) is 12.1 Å². The summed E-state index contributed by atoms with van der Waals surface area (Å²) in [4.78, 5) is 38.3. The molecule has 2 amide bonds. The number of carbonyl (C=O) groups excluding carboxylic acids is 3. The summed E-state index contributed by atoms with van der Waals surface area (Å²) in [6, 6.07) is 7.48. The Bertz CT molecular complexity index is 686. The third-order valence-corrected chi connectivity index (χ3v) is 3.36. The second-order valence-electron chi connectivity index (χ2n) is 8.04. The topological polar surface area (TPSA) is 82.1 Å². The second-order valence-corrected chi connectivity index (χ2v) is 8.04. The molecule has 2 atom stereocenters. The molecule has 1 aliphatic rings. The highest BCUT2D eigenvalue weighted by Crippen LogP contribution is 2.35. The second kappa shape index (κ2) is 6.97. The molecule has 1 fully saturated rings. The number of rotatable bonds is 2. The standard InChI is InChI=1S/C19H25NO6/c1-18(2,3)25-15(21)13-14(12-10-8-7-9-11-12)24-16(22)20(13)17(23)26-19(4,5)6/h7-11,13-14H,1-6H3/t13-,14+/m0/s1. The minimum atomic E-state index is -1.26. The Kier molecular flexibility index (Phi) is 5.30. The van der Waals surface area contributed by atoms with Crippen molar-refractivity contribution >= 4 is 18.2 Å². The van der Waals surface area contributed by atoms with Gasteiger partial charge in [-0.05, 0) is 47.1 Å². The number of amides is 2. The van der Waals surface area contributed by atoms with Crippen LogP contribution in [0.25, 0.3) is 0 Å². The van der Waals surface area contributed by atoms with Gasteiger partial charge in [0.25, 0.3) is 0 Å². The highest BCUT2D eigenvalue weighted by molar-refractivity contribution is 5.96. The summed E-state index contributed by atoms with van der Waals surface area (Å²) < 4.78 is 16.0. The van der Waals surface area contributed by atoms with Crippen LogP contribution in [0.4, 0.5) is 9.59 Å². The van der Waals surface area contributed by atoms with Gasteiger partial charge in [0.05, 0.1) is 0 Å². The van der Waals surface area contributed by atoms with Crippen LogP contribution in [0.1, 0.15) is 53.2 Å². The molecule has 2 rings (SSSR count).